The lowest BCUT2D eigenvalue weighted by Gasteiger charge is -2.38. The fourth-order valence-electron chi connectivity index (χ4n) is 4.39. The lowest BCUT2D eigenvalue weighted by molar-refractivity contribution is 0.0387. The molecular weight excluding hydrogens is 591 g/mol. The van der Waals surface area contributed by atoms with Gasteiger partial charge in [0, 0.05) is 25.2 Å². The SMILES string of the molecule is COc1ccc(S(=O)(=O)Nc2ccc3c(c2)C(=O)N([C@@H](C)CO)C[C@@H](C)[C@H](CN(C)S(=O)(=O)c2cccs2)O3)cc1. The van der Waals surface area contributed by atoms with Gasteiger partial charge in [-0.3, -0.25) is 9.52 Å². The van der Waals surface area contributed by atoms with Gasteiger partial charge >= 0.3 is 0 Å². The minimum atomic E-state index is -3.99. The summed E-state index contributed by atoms with van der Waals surface area (Å²) >= 11 is 1.12. The fourth-order valence-corrected chi connectivity index (χ4v) is 7.82. The van der Waals surface area contributed by atoms with Crippen LogP contribution in [0.5, 0.6) is 11.5 Å². The Morgan fingerprint density at radius 1 is 1.17 bits per heavy atom. The number of fused-ring (bicyclic) bond motifs is 1. The van der Waals surface area contributed by atoms with Gasteiger partial charge in [-0.05, 0) is 60.8 Å². The van der Waals surface area contributed by atoms with Crippen LogP contribution in [0.4, 0.5) is 5.69 Å². The number of carbonyl (C=O) groups is 1. The van der Waals surface area contributed by atoms with Crippen molar-refractivity contribution >= 4 is 43.0 Å². The van der Waals surface area contributed by atoms with Crippen molar-refractivity contribution in [3.63, 3.8) is 0 Å². The summed E-state index contributed by atoms with van der Waals surface area (Å²) in [4.78, 5) is 15.2. The molecule has 0 radical (unpaired) electrons. The van der Waals surface area contributed by atoms with Crippen molar-refractivity contribution in [2.75, 3.05) is 38.6 Å². The summed E-state index contributed by atoms with van der Waals surface area (Å²) in [6.07, 6.45) is -0.656. The number of hydrogen-bond acceptors (Lipinski definition) is 9. The summed E-state index contributed by atoms with van der Waals surface area (Å²) in [5, 5.41) is 11.6. The van der Waals surface area contributed by atoms with E-state index in [0.29, 0.717) is 5.75 Å². The average molecular weight is 624 g/mol. The van der Waals surface area contributed by atoms with Crippen molar-refractivity contribution in [1.82, 2.24) is 9.21 Å². The zero-order chi connectivity index (χ0) is 29.9. The highest BCUT2D eigenvalue weighted by Crippen LogP contribution is 2.32. The van der Waals surface area contributed by atoms with Crippen LogP contribution in [0, 0.1) is 5.92 Å². The van der Waals surface area contributed by atoms with Gasteiger partial charge in [-0.15, -0.1) is 11.3 Å². The third kappa shape index (κ3) is 6.67. The van der Waals surface area contributed by atoms with Gasteiger partial charge in [-0.25, -0.2) is 16.8 Å². The average Bonchev–Trinajstić information content (AvgIpc) is 3.51. The minimum absolute atomic E-state index is 0.00221. The molecule has 14 heteroatoms. The summed E-state index contributed by atoms with van der Waals surface area (Å²) < 4.78 is 67.5. The van der Waals surface area contributed by atoms with E-state index >= 15 is 0 Å². The fraction of sp³-hybridized carbons (Fsp3) is 0.370. The summed E-state index contributed by atoms with van der Waals surface area (Å²) in [6.45, 7) is 3.44. The molecule has 1 aliphatic rings. The number of nitrogens with one attached hydrogen (secondary N) is 1. The topological polar surface area (TPSA) is 143 Å². The second-order valence-corrected chi connectivity index (χ2v) is 14.7. The number of carbonyl (C=O) groups excluding carboxylic acids is 1. The number of aliphatic hydroxyl groups excluding tert-OH is 1. The van der Waals surface area contributed by atoms with E-state index in [2.05, 4.69) is 4.72 Å². The molecule has 0 aliphatic carbocycles. The molecule has 0 spiro atoms. The van der Waals surface area contributed by atoms with E-state index in [0.717, 1.165) is 11.3 Å². The lowest BCUT2D eigenvalue weighted by atomic mass is 9.99. The number of thiophene rings is 1. The van der Waals surface area contributed by atoms with Crippen molar-refractivity contribution in [2.45, 2.75) is 35.1 Å². The molecule has 2 heterocycles. The maximum absolute atomic E-state index is 13.7. The van der Waals surface area contributed by atoms with Crippen molar-refractivity contribution in [2.24, 2.45) is 5.92 Å². The molecule has 0 unspecified atom stereocenters. The van der Waals surface area contributed by atoms with E-state index in [1.54, 1.807) is 18.4 Å². The summed E-state index contributed by atoms with van der Waals surface area (Å²) in [6, 6.07) is 12.8. The van der Waals surface area contributed by atoms with Crippen LogP contribution < -0.4 is 14.2 Å². The largest absolute Gasteiger partial charge is 0.497 e. The number of nitrogens with zero attached hydrogens (tertiary/aromatic N) is 2. The molecule has 2 N–H and O–H groups in total. The van der Waals surface area contributed by atoms with Gasteiger partial charge in [-0.2, -0.15) is 4.31 Å². The van der Waals surface area contributed by atoms with Gasteiger partial charge < -0.3 is 19.5 Å². The predicted molar refractivity (Wildman–Crippen MR) is 156 cm³/mol. The second-order valence-electron chi connectivity index (χ2n) is 9.83. The molecule has 0 fully saturated rings. The van der Waals surface area contributed by atoms with Crippen molar-refractivity contribution in [3.05, 3.63) is 65.5 Å². The first-order valence-electron chi connectivity index (χ1n) is 12.8. The van der Waals surface area contributed by atoms with Gasteiger partial charge in [0.05, 0.1) is 36.8 Å². The molecule has 1 aliphatic heterocycles. The molecule has 222 valence electrons. The van der Waals surface area contributed by atoms with Gasteiger partial charge in [-0.1, -0.05) is 13.0 Å². The number of anilines is 1. The number of ether oxygens (including phenoxy) is 2. The number of amides is 1. The molecule has 1 amide bonds. The Morgan fingerprint density at radius 2 is 1.88 bits per heavy atom. The highest BCUT2D eigenvalue weighted by molar-refractivity contribution is 7.92. The normalized spacial score (nSPS) is 18.7. The lowest BCUT2D eigenvalue weighted by Crippen LogP contribution is -2.50. The van der Waals surface area contributed by atoms with Crippen molar-refractivity contribution in [1.29, 1.82) is 0 Å². The van der Waals surface area contributed by atoms with E-state index in [9.17, 15) is 26.7 Å². The van der Waals surface area contributed by atoms with Crippen LogP contribution in [0.15, 0.2) is 69.1 Å². The number of benzene rings is 2. The van der Waals surface area contributed by atoms with Gasteiger partial charge in [0.15, 0.2) is 0 Å². The van der Waals surface area contributed by atoms with Gasteiger partial charge in [0.25, 0.3) is 26.0 Å². The Labute approximate surface area is 244 Å². The Kier molecular flexibility index (Phi) is 9.29. The van der Waals surface area contributed by atoms with E-state index in [1.165, 1.54) is 71.9 Å². The number of methoxy groups -OCH3 is 1. The highest BCUT2D eigenvalue weighted by Gasteiger charge is 2.35. The monoisotopic (exact) mass is 623 g/mol. The van der Waals surface area contributed by atoms with Crippen LogP contribution in [-0.4, -0.2) is 83.1 Å². The molecule has 0 bridgehead atoms. The highest BCUT2D eigenvalue weighted by atomic mass is 32.2. The quantitative estimate of drug-likeness (QED) is 0.351. The number of aliphatic hydroxyl groups is 1. The Hall–Kier alpha value is -3.17. The molecule has 2 aromatic carbocycles. The number of rotatable bonds is 10. The van der Waals surface area contributed by atoms with Crippen LogP contribution in [0.1, 0.15) is 24.2 Å². The summed E-state index contributed by atoms with van der Waals surface area (Å²) in [5.74, 6) is -0.0771. The third-order valence-corrected chi connectivity index (χ3v) is 11.5. The Balaban J connectivity index is 1.67. The van der Waals surface area contributed by atoms with Crippen LogP contribution in [0.25, 0.3) is 0 Å². The molecule has 4 rings (SSSR count). The van der Waals surface area contributed by atoms with Crippen molar-refractivity contribution in [3.8, 4) is 11.5 Å². The number of sulfonamides is 2. The molecule has 41 heavy (non-hydrogen) atoms. The van der Waals surface area contributed by atoms with Crippen LogP contribution in [0.3, 0.4) is 0 Å². The van der Waals surface area contributed by atoms with Crippen LogP contribution in [0.2, 0.25) is 0 Å². The standard InChI is InChI=1S/C27H33N3O8S3/c1-18-15-30(19(2)17-31)27(32)23-14-20(28-40(33,34)22-10-8-21(37-4)9-11-22)7-12-24(23)38-25(18)16-29(3)41(35,36)26-6-5-13-39-26/h5-14,18-19,25,28,31H,15-17H2,1-4H3/t18-,19+,25+/m1/s1. The van der Waals surface area contributed by atoms with Crippen LogP contribution >= 0.6 is 11.3 Å². The zero-order valence-electron chi connectivity index (χ0n) is 23.1. The van der Waals surface area contributed by atoms with E-state index in [-0.39, 0.29) is 51.7 Å². The van der Waals surface area contributed by atoms with Gasteiger partial charge in [0.2, 0.25) is 0 Å². The third-order valence-electron chi connectivity index (χ3n) is 6.88. The molecular formula is C27H33N3O8S3. The number of likely N-dealkylation sites (N-methyl/N-ethyl adjacent to an activating group) is 1. The Morgan fingerprint density at radius 3 is 2.49 bits per heavy atom. The van der Waals surface area contributed by atoms with E-state index in [1.807, 2.05) is 6.92 Å². The first-order chi connectivity index (χ1) is 19.4. The maximum atomic E-state index is 13.7. The molecule has 3 aromatic rings. The van der Waals surface area contributed by atoms with E-state index < -0.39 is 38.1 Å². The maximum Gasteiger partial charge on any atom is 0.261 e. The minimum Gasteiger partial charge on any atom is -0.497 e. The predicted octanol–water partition coefficient (Wildman–Crippen LogP) is 3.10. The smallest absolute Gasteiger partial charge is 0.261 e. The zero-order valence-corrected chi connectivity index (χ0v) is 25.5. The molecule has 1 aromatic heterocycles. The molecule has 0 saturated carbocycles. The second kappa shape index (κ2) is 12.4. The van der Waals surface area contributed by atoms with Crippen LogP contribution in [-0.2, 0) is 20.0 Å². The first-order valence-corrected chi connectivity index (χ1v) is 16.6. The van der Waals surface area contributed by atoms with E-state index in [4.69, 9.17) is 9.47 Å². The molecule has 0 saturated heterocycles. The molecule has 11 nitrogen and oxygen atoms in total. The molecule has 3 atom stereocenters. The van der Waals surface area contributed by atoms with Gasteiger partial charge in [0.1, 0.15) is 21.8 Å². The summed E-state index contributed by atoms with van der Waals surface area (Å²) in [5.41, 5.74) is 0.219. The number of hydrogen-bond donors (Lipinski definition) is 2. The Bertz CT molecular complexity index is 1580. The van der Waals surface area contributed by atoms with Crippen molar-refractivity contribution < 1.29 is 36.2 Å². The summed E-state index contributed by atoms with van der Waals surface area (Å²) in [7, 11) is -4.79. The first kappa shape index (κ1) is 30.8.